The molecule has 20 heavy (non-hydrogen) atoms. The van der Waals surface area contributed by atoms with E-state index in [4.69, 9.17) is 23.2 Å². The first kappa shape index (κ1) is 13.9. The summed E-state index contributed by atoms with van der Waals surface area (Å²) < 4.78 is 0. The van der Waals surface area contributed by atoms with Crippen molar-refractivity contribution in [3.05, 3.63) is 33.8 Å². The van der Waals surface area contributed by atoms with Crippen molar-refractivity contribution >= 4 is 29.0 Å². The summed E-state index contributed by atoms with van der Waals surface area (Å²) in [5.41, 5.74) is 0.590. The average Bonchev–Trinajstić information content (AvgIpc) is 3.16. The fourth-order valence-corrected chi connectivity index (χ4v) is 4.15. The van der Waals surface area contributed by atoms with E-state index in [1.54, 1.807) is 18.2 Å². The van der Waals surface area contributed by atoms with E-state index in [0.29, 0.717) is 27.4 Å². The molecule has 2 aliphatic carbocycles. The summed E-state index contributed by atoms with van der Waals surface area (Å²) in [5.74, 6) is 0.397. The first-order chi connectivity index (χ1) is 9.63. The molecule has 2 saturated carbocycles. The summed E-state index contributed by atoms with van der Waals surface area (Å²) in [6.07, 6.45) is 4.69. The molecule has 0 spiro atoms. The molecule has 0 aliphatic heterocycles. The molecule has 1 aromatic rings. The van der Waals surface area contributed by atoms with Crippen LogP contribution in [0.25, 0.3) is 0 Å². The van der Waals surface area contributed by atoms with Gasteiger partial charge in [-0.2, -0.15) is 5.26 Å². The maximum absolute atomic E-state index is 12.6. The van der Waals surface area contributed by atoms with Gasteiger partial charge in [0.25, 0.3) is 0 Å². The van der Waals surface area contributed by atoms with Gasteiger partial charge in [0.2, 0.25) is 0 Å². The lowest BCUT2D eigenvalue weighted by Crippen LogP contribution is -2.15. The van der Waals surface area contributed by atoms with Crippen LogP contribution in [-0.4, -0.2) is 5.78 Å². The van der Waals surface area contributed by atoms with Crippen LogP contribution >= 0.6 is 23.2 Å². The summed E-state index contributed by atoms with van der Waals surface area (Å²) >= 11 is 12.0. The minimum Gasteiger partial charge on any atom is -0.298 e. The fourth-order valence-electron chi connectivity index (χ4n) is 3.63. The zero-order chi connectivity index (χ0) is 14.3. The number of carbonyl (C=O) groups excluding carboxylic acids is 1. The van der Waals surface area contributed by atoms with E-state index in [1.165, 1.54) is 12.8 Å². The SMILES string of the molecule is N#CC(C(=O)C1C2CCCCC21)c1ccc(Cl)cc1Cl. The van der Waals surface area contributed by atoms with Gasteiger partial charge in [0.05, 0.1) is 6.07 Å². The van der Waals surface area contributed by atoms with E-state index < -0.39 is 5.92 Å². The zero-order valence-corrected chi connectivity index (χ0v) is 12.5. The monoisotopic (exact) mass is 307 g/mol. The van der Waals surface area contributed by atoms with Crippen molar-refractivity contribution in [3.63, 3.8) is 0 Å². The van der Waals surface area contributed by atoms with Crippen molar-refractivity contribution in [2.75, 3.05) is 0 Å². The molecule has 0 aromatic heterocycles. The second-order valence-corrected chi connectivity index (χ2v) is 6.61. The number of fused-ring (bicyclic) bond motifs is 1. The Hall–Kier alpha value is -1.04. The second kappa shape index (κ2) is 5.39. The molecular formula is C16H15Cl2NO. The van der Waals surface area contributed by atoms with Crippen molar-refractivity contribution in [1.29, 1.82) is 5.26 Å². The van der Waals surface area contributed by atoms with Gasteiger partial charge < -0.3 is 0 Å². The van der Waals surface area contributed by atoms with Gasteiger partial charge >= 0.3 is 0 Å². The number of hydrogen-bond donors (Lipinski definition) is 0. The Bertz CT molecular complexity index is 581. The highest BCUT2D eigenvalue weighted by Gasteiger charge is 2.56. The molecule has 2 aliphatic rings. The van der Waals surface area contributed by atoms with Crippen LogP contribution in [0, 0.1) is 29.1 Å². The molecule has 3 unspecified atom stereocenters. The van der Waals surface area contributed by atoms with Gasteiger partial charge in [0.15, 0.2) is 5.78 Å². The minimum atomic E-state index is -0.754. The lowest BCUT2D eigenvalue weighted by molar-refractivity contribution is -0.121. The van der Waals surface area contributed by atoms with E-state index in [-0.39, 0.29) is 11.7 Å². The van der Waals surface area contributed by atoms with Gasteiger partial charge in [-0.3, -0.25) is 4.79 Å². The van der Waals surface area contributed by atoms with Crippen LogP contribution < -0.4 is 0 Å². The van der Waals surface area contributed by atoms with Gasteiger partial charge in [0.1, 0.15) is 5.92 Å². The van der Waals surface area contributed by atoms with Gasteiger partial charge in [-0.25, -0.2) is 0 Å². The maximum atomic E-state index is 12.6. The second-order valence-electron chi connectivity index (χ2n) is 5.77. The summed E-state index contributed by atoms with van der Waals surface area (Å²) in [5, 5.41) is 10.3. The Balaban J connectivity index is 1.83. The highest BCUT2D eigenvalue weighted by Crippen LogP contribution is 2.57. The summed E-state index contributed by atoms with van der Waals surface area (Å²) in [6.45, 7) is 0. The number of hydrogen-bond acceptors (Lipinski definition) is 2. The molecule has 0 heterocycles. The number of benzene rings is 1. The Morgan fingerprint density at radius 2 is 1.90 bits per heavy atom. The number of nitriles is 1. The van der Waals surface area contributed by atoms with E-state index >= 15 is 0 Å². The number of Topliss-reactive ketones (excluding diaryl/α,β-unsaturated/α-hetero) is 1. The Morgan fingerprint density at radius 1 is 1.25 bits per heavy atom. The molecule has 0 amide bonds. The number of nitrogens with zero attached hydrogens (tertiary/aromatic N) is 1. The van der Waals surface area contributed by atoms with E-state index in [9.17, 15) is 10.1 Å². The molecule has 1 aromatic carbocycles. The van der Waals surface area contributed by atoms with Crippen LogP contribution in [0.4, 0.5) is 0 Å². The number of carbonyl (C=O) groups is 1. The van der Waals surface area contributed by atoms with Crippen LogP contribution in [0.3, 0.4) is 0 Å². The molecule has 3 rings (SSSR count). The van der Waals surface area contributed by atoms with Crippen molar-refractivity contribution in [2.24, 2.45) is 17.8 Å². The normalized spacial score (nSPS) is 29.1. The van der Waals surface area contributed by atoms with Crippen LogP contribution in [0.1, 0.15) is 37.2 Å². The first-order valence-corrected chi connectivity index (χ1v) is 7.77. The third-order valence-corrected chi connectivity index (χ3v) is 5.23. The molecule has 2 nitrogen and oxygen atoms in total. The Labute approximate surface area is 128 Å². The maximum Gasteiger partial charge on any atom is 0.158 e. The summed E-state index contributed by atoms with van der Waals surface area (Å²) in [6, 6.07) is 7.10. The Kier molecular flexibility index (Phi) is 3.75. The molecule has 0 N–H and O–H groups in total. The van der Waals surface area contributed by atoms with E-state index in [2.05, 4.69) is 6.07 Å². The standard InChI is InChI=1S/C16H15Cl2NO/c17-9-5-6-10(14(18)7-9)13(8-19)16(20)15-11-3-1-2-4-12(11)15/h5-7,11-13,15H,1-4H2. The lowest BCUT2D eigenvalue weighted by atomic mass is 9.92. The molecule has 2 fully saturated rings. The van der Waals surface area contributed by atoms with Crippen molar-refractivity contribution in [1.82, 2.24) is 0 Å². The number of ketones is 1. The quantitative estimate of drug-likeness (QED) is 0.818. The van der Waals surface area contributed by atoms with Crippen LogP contribution in [0.2, 0.25) is 10.0 Å². The van der Waals surface area contributed by atoms with E-state index in [1.807, 2.05) is 0 Å². The van der Waals surface area contributed by atoms with Gasteiger partial charge in [-0.1, -0.05) is 42.1 Å². The molecule has 0 saturated heterocycles. The van der Waals surface area contributed by atoms with Gasteiger partial charge in [-0.05, 0) is 42.4 Å². The predicted molar refractivity (Wildman–Crippen MR) is 78.8 cm³/mol. The van der Waals surface area contributed by atoms with Crippen LogP contribution in [-0.2, 0) is 4.79 Å². The first-order valence-electron chi connectivity index (χ1n) is 7.01. The number of halogens is 2. The minimum absolute atomic E-state index is 0.0497. The summed E-state index contributed by atoms with van der Waals surface area (Å²) in [4.78, 5) is 12.6. The highest BCUT2D eigenvalue weighted by molar-refractivity contribution is 6.35. The van der Waals surface area contributed by atoms with Crippen LogP contribution in [0.5, 0.6) is 0 Å². The zero-order valence-electron chi connectivity index (χ0n) is 11.0. The molecular weight excluding hydrogens is 293 g/mol. The van der Waals surface area contributed by atoms with Crippen LogP contribution in [0.15, 0.2) is 18.2 Å². The number of rotatable bonds is 3. The average molecular weight is 308 g/mol. The van der Waals surface area contributed by atoms with Crippen molar-refractivity contribution < 1.29 is 4.79 Å². The fraction of sp³-hybridized carbons (Fsp3) is 0.500. The molecule has 0 radical (unpaired) electrons. The topological polar surface area (TPSA) is 40.9 Å². The van der Waals surface area contributed by atoms with Crippen molar-refractivity contribution in [3.8, 4) is 6.07 Å². The third kappa shape index (κ3) is 2.34. The highest BCUT2D eigenvalue weighted by atomic mass is 35.5. The third-order valence-electron chi connectivity index (χ3n) is 4.67. The largest absolute Gasteiger partial charge is 0.298 e. The van der Waals surface area contributed by atoms with Crippen molar-refractivity contribution in [2.45, 2.75) is 31.6 Å². The molecule has 3 atom stereocenters. The molecule has 4 heteroatoms. The summed E-state index contributed by atoms with van der Waals surface area (Å²) in [7, 11) is 0. The molecule has 0 bridgehead atoms. The lowest BCUT2D eigenvalue weighted by Gasteiger charge is -2.10. The Morgan fingerprint density at radius 3 is 2.45 bits per heavy atom. The van der Waals surface area contributed by atoms with Gasteiger partial charge in [-0.15, -0.1) is 0 Å². The van der Waals surface area contributed by atoms with Gasteiger partial charge in [0, 0.05) is 16.0 Å². The van der Waals surface area contributed by atoms with E-state index in [0.717, 1.165) is 12.8 Å². The predicted octanol–water partition coefficient (Wildman–Crippen LogP) is 4.61. The smallest absolute Gasteiger partial charge is 0.158 e. The molecule has 104 valence electrons.